The van der Waals surface area contributed by atoms with Gasteiger partial charge in [0.05, 0.1) is 0 Å². The zero-order valence-corrected chi connectivity index (χ0v) is 17.9. The maximum absolute atomic E-state index is 10.9. The van der Waals surface area contributed by atoms with Crippen molar-refractivity contribution in [3.8, 4) is 0 Å². The summed E-state index contributed by atoms with van der Waals surface area (Å²) in [5.41, 5.74) is 2.88. The summed E-state index contributed by atoms with van der Waals surface area (Å²) in [4.78, 5) is 21.9. The molecule has 0 unspecified atom stereocenters. The number of hydrogen-bond acceptors (Lipinski definition) is 2. The molecule has 2 rings (SSSR count). The molecule has 30 heavy (non-hydrogen) atoms. The zero-order chi connectivity index (χ0) is 22.2. The summed E-state index contributed by atoms with van der Waals surface area (Å²) < 4.78 is 0. The Bertz CT molecular complexity index is 749. The molecule has 0 spiro atoms. The van der Waals surface area contributed by atoms with Gasteiger partial charge in [0.2, 0.25) is 0 Å². The van der Waals surface area contributed by atoms with Crippen molar-refractivity contribution in [2.75, 3.05) is 0 Å². The third-order valence-corrected chi connectivity index (χ3v) is 4.43. The SMILES string of the molecule is CCCC/C(=C\c1ccccc1)C(=O)O.CCCC/C(=C\c1ccccc1)C(=O)O. The predicted octanol–water partition coefficient (Wildman–Crippen LogP) is 6.69. The topological polar surface area (TPSA) is 74.6 Å². The molecule has 0 aliphatic carbocycles. The van der Waals surface area contributed by atoms with Crippen molar-refractivity contribution >= 4 is 24.1 Å². The molecule has 2 aromatic rings. The van der Waals surface area contributed by atoms with Crippen molar-refractivity contribution < 1.29 is 19.8 Å². The maximum Gasteiger partial charge on any atom is 0.331 e. The first-order chi connectivity index (χ1) is 14.5. The van der Waals surface area contributed by atoms with Gasteiger partial charge in [-0.3, -0.25) is 0 Å². The Kier molecular flexibility index (Phi) is 12.3. The van der Waals surface area contributed by atoms with Crippen LogP contribution in [0.1, 0.15) is 63.5 Å². The number of carboxylic acids is 2. The van der Waals surface area contributed by atoms with Gasteiger partial charge < -0.3 is 10.2 Å². The van der Waals surface area contributed by atoms with Crippen LogP contribution in [0.3, 0.4) is 0 Å². The number of unbranched alkanes of at least 4 members (excludes halogenated alkanes) is 2. The molecule has 2 aromatic carbocycles. The third kappa shape index (κ3) is 10.4. The fourth-order valence-electron chi connectivity index (χ4n) is 2.72. The highest BCUT2D eigenvalue weighted by Crippen LogP contribution is 2.14. The van der Waals surface area contributed by atoms with Gasteiger partial charge in [0.25, 0.3) is 0 Å². The van der Waals surface area contributed by atoms with E-state index in [-0.39, 0.29) is 0 Å². The van der Waals surface area contributed by atoms with Crippen molar-refractivity contribution in [2.45, 2.75) is 52.4 Å². The Labute approximate surface area is 179 Å². The molecular formula is C26H32O4. The summed E-state index contributed by atoms with van der Waals surface area (Å²) in [6.07, 6.45) is 8.65. The molecule has 0 heterocycles. The smallest absolute Gasteiger partial charge is 0.331 e. The highest BCUT2D eigenvalue weighted by Gasteiger charge is 2.06. The van der Waals surface area contributed by atoms with E-state index in [1.807, 2.05) is 60.7 Å². The molecule has 0 amide bonds. The Balaban J connectivity index is 0.000000300. The van der Waals surface area contributed by atoms with Crippen LogP contribution >= 0.6 is 0 Å². The van der Waals surface area contributed by atoms with Crippen LogP contribution in [0, 0.1) is 0 Å². The van der Waals surface area contributed by atoms with Crippen LogP contribution in [-0.4, -0.2) is 22.2 Å². The minimum Gasteiger partial charge on any atom is -0.478 e. The number of hydrogen-bond donors (Lipinski definition) is 2. The molecule has 0 fully saturated rings. The van der Waals surface area contributed by atoms with E-state index >= 15 is 0 Å². The lowest BCUT2D eigenvalue weighted by Gasteiger charge is -2.01. The van der Waals surface area contributed by atoms with Crippen molar-refractivity contribution in [3.05, 3.63) is 82.9 Å². The van der Waals surface area contributed by atoms with Crippen LogP contribution in [-0.2, 0) is 9.59 Å². The van der Waals surface area contributed by atoms with E-state index in [4.69, 9.17) is 10.2 Å². The van der Waals surface area contributed by atoms with E-state index in [2.05, 4.69) is 13.8 Å². The molecule has 4 heteroatoms. The Hall–Kier alpha value is -3.14. The zero-order valence-electron chi connectivity index (χ0n) is 17.9. The summed E-state index contributed by atoms with van der Waals surface area (Å²) >= 11 is 0. The van der Waals surface area contributed by atoms with Crippen LogP contribution < -0.4 is 0 Å². The van der Waals surface area contributed by atoms with Gasteiger partial charge in [-0.05, 0) is 49.0 Å². The molecule has 0 radical (unpaired) electrons. The summed E-state index contributed by atoms with van der Waals surface area (Å²) in [5.74, 6) is -1.63. The molecule has 0 saturated carbocycles. The molecule has 4 nitrogen and oxygen atoms in total. The van der Waals surface area contributed by atoms with Crippen LogP contribution in [0.2, 0.25) is 0 Å². The van der Waals surface area contributed by atoms with Gasteiger partial charge in [0, 0.05) is 11.1 Å². The summed E-state index contributed by atoms with van der Waals surface area (Å²) in [6, 6.07) is 19.1. The predicted molar refractivity (Wildman–Crippen MR) is 123 cm³/mol. The molecule has 0 aromatic heterocycles. The fraction of sp³-hybridized carbons (Fsp3) is 0.308. The first kappa shape index (κ1) is 24.9. The lowest BCUT2D eigenvalue weighted by atomic mass is 10.1. The number of benzene rings is 2. The molecule has 0 aliphatic rings. The largest absolute Gasteiger partial charge is 0.478 e. The normalized spacial score (nSPS) is 11.4. The molecule has 160 valence electrons. The quantitative estimate of drug-likeness (QED) is 0.429. The summed E-state index contributed by atoms with van der Waals surface area (Å²) in [5, 5.41) is 18.0. The van der Waals surface area contributed by atoms with Gasteiger partial charge in [0.15, 0.2) is 0 Å². The minimum atomic E-state index is -0.813. The molecular weight excluding hydrogens is 376 g/mol. The minimum absolute atomic E-state index is 0.489. The van der Waals surface area contributed by atoms with E-state index in [1.165, 1.54) is 0 Å². The lowest BCUT2D eigenvalue weighted by molar-refractivity contribution is -0.133. The lowest BCUT2D eigenvalue weighted by Crippen LogP contribution is -2.00. The number of carboxylic acid groups (broad SMARTS) is 2. The van der Waals surface area contributed by atoms with Gasteiger partial charge in [-0.25, -0.2) is 9.59 Å². The van der Waals surface area contributed by atoms with Crippen molar-refractivity contribution in [1.82, 2.24) is 0 Å². The standard InChI is InChI=1S/2C13H16O2/c2*1-2-3-9-12(13(14)15)10-11-7-5-4-6-8-11/h2*4-8,10H,2-3,9H2,1H3,(H,14,15)/b2*12-10+. The van der Waals surface area contributed by atoms with E-state index in [9.17, 15) is 9.59 Å². The maximum atomic E-state index is 10.9. The second-order valence-corrected chi connectivity index (χ2v) is 6.98. The van der Waals surface area contributed by atoms with E-state index in [0.29, 0.717) is 24.0 Å². The fourth-order valence-corrected chi connectivity index (χ4v) is 2.72. The van der Waals surface area contributed by atoms with Crippen molar-refractivity contribution in [1.29, 1.82) is 0 Å². The second-order valence-electron chi connectivity index (χ2n) is 6.98. The number of aliphatic carboxylic acids is 2. The molecule has 2 N–H and O–H groups in total. The highest BCUT2D eigenvalue weighted by atomic mass is 16.4. The van der Waals surface area contributed by atoms with Gasteiger partial charge >= 0.3 is 11.9 Å². The Morgan fingerprint density at radius 1 is 0.667 bits per heavy atom. The Morgan fingerprint density at radius 2 is 1.00 bits per heavy atom. The van der Waals surface area contributed by atoms with Gasteiger partial charge in [-0.2, -0.15) is 0 Å². The molecule has 0 saturated heterocycles. The Morgan fingerprint density at radius 3 is 1.27 bits per heavy atom. The summed E-state index contributed by atoms with van der Waals surface area (Å²) in [6.45, 7) is 4.12. The first-order valence-corrected chi connectivity index (χ1v) is 10.5. The number of rotatable bonds is 10. The molecule has 0 aliphatic heterocycles. The van der Waals surface area contributed by atoms with E-state index < -0.39 is 11.9 Å². The third-order valence-electron chi connectivity index (χ3n) is 4.43. The van der Waals surface area contributed by atoms with Crippen LogP contribution in [0.25, 0.3) is 12.2 Å². The first-order valence-electron chi connectivity index (χ1n) is 10.5. The monoisotopic (exact) mass is 408 g/mol. The average molecular weight is 409 g/mol. The number of carbonyl (C=O) groups is 2. The van der Waals surface area contributed by atoms with E-state index in [1.54, 1.807) is 12.2 Å². The molecule has 0 atom stereocenters. The van der Waals surface area contributed by atoms with Crippen molar-refractivity contribution in [3.63, 3.8) is 0 Å². The van der Waals surface area contributed by atoms with Gasteiger partial charge in [-0.15, -0.1) is 0 Å². The van der Waals surface area contributed by atoms with Crippen LogP contribution in [0.15, 0.2) is 71.8 Å². The van der Waals surface area contributed by atoms with Gasteiger partial charge in [0.1, 0.15) is 0 Å². The van der Waals surface area contributed by atoms with Crippen LogP contribution in [0.5, 0.6) is 0 Å². The second kappa shape index (κ2) is 14.8. The summed E-state index contributed by atoms with van der Waals surface area (Å²) in [7, 11) is 0. The van der Waals surface area contributed by atoms with Gasteiger partial charge in [-0.1, -0.05) is 87.4 Å². The molecule has 0 bridgehead atoms. The van der Waals surface area contributed by atoms with Crippen molar-refractivity contribution in [2.24, 2.45) is 0 Å². The average Bonchev–Trinajstić information content (AvgIpc) is 2.75. The van der Waals surface area contributed by atoms with E-state index in [0.717, 1.165) is 36.8 Å². The highest BCUT2D eigenvalue weighted by molar-refractivity contribution is 5.92. The van der Waals surface area contributed by atoms with Crippen LogP contribution in [0.4, 0.5) is 0 Å².